The highest BCUT2D eigenvalue weighted by atomic mass is 35.5. The number of hydrogen-bond acceptors (Lipinski definition) is 6. The van der Waals surface area contributed by atoms with Crippen LogP contribution in [-0.2, 0) is 18.4 Å². The van der Waals surface area contributed by atoms with Crippen molar-refractivity contribution in [3.05, 3.63) is 53.0 Å². The van der Waals surface area contributed by atoms with Crippen molar-refractivity contribution in [1.82, 2.24) is 25.8 Å². The summed E-state index contributed by atoms with van der Waals surface area (Å²) in [5.74, 6) is 3.19. The molecule has 1 aromatic carbocycles. The number of guanidine groups is 1. The van der Waals surface area contributed by atoms with E-state index in [4.69, 9.17) is 20.5 Å². The lowest BCUT2D eigenvalue weighted by atomic mass is 9.94. The third-order valence-corrected chi connectivity index (χ3v) is 4.46. The molecular formula is C21H27ClN6O2. The van der Waals surface area contributed by atoms with Gasteiger partial charge in [-0.25, -0.2) is 9.98 Å². The van der Waals surface area contributed by atoms with E-state index in [9.17, 15) is 0 Å². The monoisotopic (exact) mass is 430 g/mol. The van der Waals surface area contributed by atoms with E-state index in [1.54, 1.807) is 18.3 Å². The van der Waals surface area contributed by atoms with Crippen molar-refractivity contribution in [3.8, 4) is 11.4 Å². The van der Waals surface area contributed by atoms with Crippen LogP contribution in [0.2, 0.25) is 5.02 Å². The number of rotatable bonds is 7. The minimum absolute atomic E-state index is 0.0767. The summed E-state index contributed by atoms with van der Waals surface area (Å²) in [5, 5.41) is 11.2. The van der Waals surface area contributed by atoms with Gasteiger partial charge >= 0.3 is 0 Å². The van der Waals surface area contributed by atoms with Crippen molar-refractivity contribution in [3.63, 3.8) is 0 Å². The van der Waals surface area contributed by atoms with E-state index in [-0.39, 0.29) is 5.41 Å². The summed E-state index contributed by atoms with van der Waals surface area (Å²) in [6, 6.07) is 7.32. The van der Waals surface area contributed by atoms with Gasteiger partial charge in [-0.05, 0) is 31.2 Å². The van der Waals surface area contributed by atoms with Gasteiger partial charge in [0.1, 0.15) is 12.3 Å². The van der Waals surface area contributed by atoms with Crippen molar-refractivity contribution in [2.75, 3.05) is 13.1 Å². The standard InChI is InChI=1S/C21H27ClN6O2/c1-5-23-20(26-13-18-25-12-16(29-18)21(2,3)4)24-11-10-17-27-19(28-30-17)14-6-8-15(22)9-7-14/h6-9,12H,5,10-11,13H2,1-4H3,(H2,23,24,26). The molecule has 0 spiro atoms. The molecule has 0 fully saturated rings. The quantitative estimate of drug-likeness (QED) is 0.431. The van der Waals surface area contributed by atoms with Gasteiger partial charge in [-0.2, -0.15) is 4.98 Å². The molecular weight excluding hydrogens is 404 g/mol. The first-order valence-electron chi connectivity index (χ1n) is 9.91. The Hall–Kier alpha value is -2.87. The lowest BCUT2D eigenvalue weighted by Crippen LogP contribution is -2.38. The van der Waals surface area contributed by atoms with Crippen LogP contribution in [0.3, 0.4) is 0 Å². The summed E-state index contributed by atoms with van der Waals surface area (Å²) in [6.45, 7) is 9.95. The molecule has 0 saturated carbocycles. The predicted molar refractivity (Wildman–Crippen MR) is 116 cm³/mol. The topological polar surface area (TPSA) is 101 Å². The molecule has 0 aliphatic carbocycles. The molecule has 0 atom stereocenters. The molecule has 0 bridgehead atoms. The molecule has 2 heterocycles. The van der Waals surface area contributed by atoms with E-state index in [1.807, 2.05) is 19.1 Å². The zero-order valence-corrected chi connectivity index (χ0v) is 18.5. The van der Waals surface area contributed by atoms with Gasteiger partial charge in [-0.3, -0.25) is 0 Å². The van der Waals surface area contributed by atoms with E-state index < -0.39 is 0 Å². The summed E-state index contributed by atoms with van der Waals surface area (Å²) in [5.41, 5.74) is 0.782. The van der Waals surface area contributed by atoms with Crippen LogP contribution in [0.15, 0.2) is 44.4 Å². The van der Waals surface area contributed by atoms with Crippen molar-refractivity contribution >= 4 is 17.6 Å². The maximum absolute atomic E-state index is 5.91. The fourth-order valence-electron chi connectivity index (χ4n) is 2.58. The Morgan fingerprint density at radius 3 is 2.57 bits per heavy atom. The smallest absolute Gasteiger partial charge is 0.228 e. The molecule has 0 radical (unpaired) electrons. The molecule has 9 heteroatoms. The largest absolute Gasteiger partial charge is 0.443 e. The van der Waals surface area contributed by atoms with Crippen LogP contribution >= 0.6 is 11.6 Å². The number of halogens is 1. The van der Waals surface area contributed by atoms with Gasteiger partial charge in [0.15, 0.2) is 5.96 Å². The zero-order chi connectivity index (χ0) is 21.6. The molecule has 2 aromatic heterocycles. The first kappa shape index (κ1) is 21.8. The third kappa shape index (κ3) is 6.06. The Labute approximate surface area is 181 Å². The lowest BCUT2D eigenvalue weighted by molar-refractivity contribution is 0.378. The fraction of sp³-hybridized carbons (Fsp3) is 0.429. The number of hydrogen-bond donors (Lipinski definition) is 2. The number of nitrogens with one attached hydrogen (secondary N) is 2. The van der Waals surface area contributed by atoms with Crippen LogP contribution in [0.5, 0.6) is 0 Å². The maximum Gasteiger partial charge on any atom is 0.228 e. The van der Waals surface area contributed by atoms with Crippen LogP contribution in [-0.4, -0.2) is 34.2 Å². The van der Waals surface area contributed by atoms with Gasteiger partial charge in [0.25, 0.3) is 0 Å². The molecule has 0 aliphatic rings. The molecule has 0 unspecified atom stereocenters. The van der Waals surface area contributed by atoms with Gasteiger partial charge in [0, 0.05) is 35.5 Å². The van der Waals surface area contributed by atoms with Crippen LogP contribution < -0.4 is 10.6 Å². The number of oxazole rings is 1. The molecule has 30 heavy (non-hydrogen) atoms. The Bertz CT molecular complexity index is 972. The zero-order valence-electron chi connectivity index (χ0n) is 17.7. The number of aliphatic imine (C=N–C) groups is 1. The summed E-state index contributed by atoms with van der Waals surface area (Å²) < 4.78 is 11.1. The Morgan fingerprint density at radius 1 is 1.13 bits per heavy atom. The van der Waals surface area contributed by atoms with Gasteiger partial charge < -0.3 is 19.6 Å². The summed E-state index contributed by atoms with van der Waals surface area (Å²) in [7, 11) is 0. The van der Waals surface area contributed by atoms with Crippen LogP contribution in [0.4, 0.5) is 0 Å². The van der Waals surface area contributed by atoms with E-state index in [2.05, 4.69) is 51.5 Å². The van der Waals surface area contributed by atoms with Gasteiger partial charge in [-0.15, -0.1) is 0 Å². The highest BCUT2D eigenvalue weighted by Crippen LogP contribution is 2.22. The van der Waals surface area contributed by atoms with E-state index >= 15 is 0 Å². The number of nitrogens with zero attached hydrogens (tertiary/aromatic N) is 4. The van der Waals surface area contributed by atoms with Crippen molar-refractivity contribution in [2.24, 2.45) is 4.99 Å². The van der Waals surface area contributed by atoms with E-state index in [1.165, 1.54) is 0 Å². The molecule has 0 aliphatic heterocycles. The highest BCUT2D eigenvalue weighted by Gasteiger charge is 2.19. The fourth-order valence-corrected chi connectivity index (χ4v) is 2.70. The molecule has 0 amide bonds. The third-order valence-electron chi connectivity index (χ3n) is 4.21. The number of aromatic nitrogens is 3. The second-order valence-corrected chi connectivity index (χ2v) is 8.20. The lowest BCUT2D eigenvalue weighted by Gasteiger charge is -2.13. The average molecular weight is 431 g/mol. The molecule has 0 saturated heterocycles. The van der Waals surface area contributed by atoms with Gasteiger partial charge in [0.2, 0.25) is 17.6 Å². The average Bonchev–Trinajstić information content (AvgIpc) is 3.36. The Kier molecular flexibility index (Phi) is 7.10. The van der Waals surface area contributed by atoms with Crippen molar-refractivity contribution < 1.29 is 8.94 Å². The molecule has 160 valence electrons. The summed E-state index contributed by atoms with van der Waals surface area (Å²) >= 11 is 5.91. The van der Waals surface area contributed by atoms with Crippen LogP contribution in [0, 0.1) is 0 Å². The Morgan fingerprint density at radius 2 is 1.90 bits per heavy atom. The second kappa shape index (κ2) is 9.75. The first-order chi connectivity index (χ1) is 14.3. The predicted octanol–water partition coefficient (Wildman–Crippen LogP) is 3.97. The minimum atomic E-state index is -0.0767. The SMILES string of the molecule is CCNC(=NCc1ncc(C(C)(C)C)o1)NCCc1nc(-c2ccc(Cl)cc2)no1. The van der Waals surface area contributed by atoms with Gasteiger partial charge in [-0.1, -0.05) is 37.5 Å². The maximum atomic E-state index is 5.91. The molecule has 8 nitrogen and oxygen atoms in total. The van der Waals surface area contributed by atoms with Crippen molar-refractivity contribution in [1.29, 1.82) is 0 Å². The first-order valence-corrected chi connectivity index (χ1v) is 10.3. The minimum Gasteiger partial charge on any atom is -0.443 e. The molecule has 3 rings (SSSR count). The highest BCUT2D eigenvalue weighted by molar-refractivity contribution is 6.30. The van der Waals surface area contributed by atoms with E-state index in [0.717, 1.165) is 17.9 Å². The molecule has 2 N–H and O–H groups in total. The van der Waals surface area contributed by atoms with Crippen LogP contribution in [0.1, 0.15) is 45.2 Å². The van der Waals surface area contributed by atoms with Gasteiger partial charge in [0.05, 0.1) is 6.20 Å². The van der Waals surface area contributed by atoms with E-state index in [0.29, 0.717) is 48.1 Å². The Balaban J connectivity index is 1.54. The van der Waals surface area contributed by atoms with Crippen molar-refractivity contribution in [2.45, 2.75) is 46.1 Å². The summed E-state index contributed by atoms with van der Waals surface area (Å²) in [4.78, 5) is 13.3. The normalized spacial score (nSPS) is 12.2. The summed E-state index contributed by atoms with van der Waals surface area (Å²) in [6.07, 6.45) is 2.33. The molecule has 3 aromatic rings. The second-order valence-electron chi connectivity index (χ2n) is 7.76. The van der Waals surface area contributed by atoms with Crippen LogP contribution in [0.25, 0.3) is 11.4 Å². The number of benzene rings is 1.